The van der Waals surface area contributed by atoms with Crippen molar-refractivity contribution in [3.05, 3.63) is 51.8 Å². The number of anilines is 1. The molecule has 0 aliphatic carbocycles. The van der Waals surface area contributed by atoms with Gasteiger partial charge in [0, 0.05) is 11.6 Å². The van der Waals surface area contributed by atoms with E-state index in [0.717, 1.165) is 5.56 Å². The lowest BCUT2D eigenvalue weighted by Crippen LogP contribution is -2.12. The first-order chi connectivity index (χ1) is 9.54. The van der Waals surface area contributed by atoms with Crippen LogP contribution in [0, 0.1) is 5.82 Å². The molecular formula is C14H10Cl2FNO2. The van der Waals surface area contributed by atoms with Crippen LogP contribution in [0.25, 0.3) is 0 Å². The number of halogens is 3. The van der Waals surface area contributed by atoms with Gasteiger partial charge in [-0.1, -0.05) is 23.2 Å². The maximum absolute atomic E-state index is 13.2. The van der Waals surface area contributed by atoms with Gasteiger partial charge in [0.25, 0.3) is 0 Å². The van der Waals surface area contributed by atoms with Crippen LogP contribution in [0.5, 0.6) is 11.5 Å². The van der Waals surface area contributed by atoms with E-state index in [2.05, 4.69) is 5.32 Å². The molecule has 6 heteroatoms. The summed E-state index contributed by atoms with van der Waals surface area (Å²) < 4.78 is 18.6. The van der Waals surface area contributed by atoms with Gasteiger partial charge in [-0.25, -0.2) is 4.39 Å². The van der Waals surface area contributed by atoms with Crippen LogP contribution in [0.1, 0.15) is 11.6 Å². The van der Waals surface area contributed by atoms with Gasteiger partial charge in [-0.3, -0.25) is 0 Å². The van der Waals surface area contributed by atoms with Crippen LogP contribution in [0.3, 0.4) is 0 Å². The number of rotatable bonds is 2. The van der Waals surface area contributed by atoms with E-state index in [1.54, 1.807) is 18.2 Å². The fourth-order valence-electron chi connectivity index (χ4n) is 2.17. The average molecular weight is 314 g/mol. The van der Waals surface area contributed by atoms with Crippen molar-refractivity contribution in [2.24, 2.45) is 0 Å². The van der Waals surface area contributed by atoms with E-state index in [0.29, 0.717) is 18.0 Å². The van der Waals surface area contributed by atoms with Gasteiger partial charge in [-0.15, -0.1) is 0 Å². The van der Waals surface area contributed by atoms with Crippen molar-refractivity contribution in [3.63, 3.8) is 0 Å². The highest BCUT2D eigenvalue weighted by Crippen LogP contribution is 2.40. The second-order valence-electron chi connectivity index (χ2n) is 4.47. The lowest BCUT2D eigenvalue weighted by atomic mass is 10.1. The molecule has 1 unspecified atom stereocenters. The number of phenols is 1. The lowest BCUT2D eigenvalue weighted by Gasteiger charge is -2.16. The second-order valence-corrected chi connectivity index (χ2v) is 5.29. The Morgan fingerprint density at radius 1 is 1.20 bits per heavy atom. The Labute approximate surface area is 124 Å². The molecule has 3 rings (SSSR count). The third-order valence-electron chi connectivity index (χ3n) is 3.10. The number of ether oxygens (including phenoxy) is 1. The summed E-state index contributed by atoms with van der Waals surface area (Å²) in [6, 6.07) is 7.12. The number of hydrogen-bond donors (Lipinski definition) is 2. The minimum absolute atomic E-state index is 0.141. The Bertz CT molecular complexity index is 655. The van der Waals surface area contributed by atoms with Crippen molar-refractivity contribution < 1.29 is 14.2 Å². The molecule has 2 aromatic rings. The Hall–Kier alpha value is -1.65. The van der Waals surface area contributed by atoms with Crippen molar-refractivity contribution in [2.75, 3.05) is 11.9 Å². The van der Waals surface area contributed by atoms with E-state index in [-0.39, 0.29) is 21.8 Å². The molecule has 2 N–H and O–H groups in total. The normalized spacial score (nSPS) is 16.6. The number of benzene rings is 2. The van der Waals surface area contributed by atoms with Crippen molar-refractivity contribution in [1.29, 1.82) is 0 Å². The van der Waals surface area contributed by atoms with E-state index >= 15 is 0 Å². The van der Waals surface area contributed by atoms with Gasteiger partial charge < -0.3 is 15.2 Å². The summed E-state index contributed by atoms with van der Waals surface area (Å²) in [6.45, 7) is 0.378. The standard InChI is InChI=1S/C14H10Cl2FNO2/c15-10-3-7(17)4-11(16)14(10)18-12-6-20-13-5-8(19)1-2-9(12)13/h1-5,12,18-19H,6H2. The Kier molecular flexibility index (Phi) is 3.36. The van der Waals surface area contributed by atoms with Crippen LogP contribution in [0.15, 0.2) is 30.3 Å². The smallest absolute Gasteiger partial charge is 0.128 e. The van der Waals surface area contributed by atoms with Crippen molar-refractivity contribution in [2.45, 2.75) is 6.04 Å². The molecule has 0 bridgehead atoms. The molecule has 0 saturated heterocycles. The summed E-state index contributed by atoms with van der Waals surface area (Å²) in [5.41, 5.74) is 1.35. The highest BCUT2D eigenvalue weighted by molar-refractivity contribution is 6.39. The average Bonchev–Trinajstić information content (AvgIpc) is 2.76. The molecule has 0 spiro atoms. The molecule has 1 aliphatic heterocycles. The molecule has 0 fully saturated rings. The van der Waals surface area contributed by atoms with Crippen molar-refractivity contribution >= 4 is 28.9 Å². The Morgan fingerprint density at radius 3 is 2.60 bits per heavy atom. The van der Waals surface area contributed by atoms with E-state index in [1.807, 2.05) is 0 Å². The first-order valence-corrected chi connectivity index (χ1v) is 6.67. The molecule has 1 aliphatic rings. The Morgan fingerprint density at radius 2 is 1.90 bits per heavy atom. The lowest BCUT2D eigenvalue weighted by molar-refractivity contribution is 0.338. The zero-order valence-electron chi connectivity index (χ0n) is 10.2. The van der Waals surface area contributed by atoms with Gasteiger partial charge in [-0.2, -0.15) is 0 Å². The second kappa shape index (κ2) is 5.04. The first-order valence-electron chi connectivity index (χ1n) is 5.91. The molecule has 0 aromatic heterocycles. The van der Waals surface area contributed by atoms with E-state index in [9.17, 15) is 9.50 Å². The molecule has 0 amide bonds. The fraction of sp³-hybridized carbons (Fsp3) is 0.143. The number of fused-ring (bicyclic) bond motifs is 1. The van der Waals surface area contributed by atoms with Crippen LogP contribution < -0.4 is 10.1 Å². The monoisotopic (exact) mass is 313 g/mol. The molecule has 104 valence electrons. The molecule has 0 radical (unpaired) electrons. The number of aromatic hydroxyl groups is 1. The van der Waals surface area contributed by atoms with Gasteiger partial charge in [0.05, 0.1) is 21.8 Å². The molecule has 20 heavy (non-hydrogen) atoms. The first kappa shape index (κ1) is 13.3. The summed E-state index contributed by atoms with van der Waals surface area (Å²) in [6.07, 6.45) is 0. The Balaban J connectivity index is 1.91. The minimum atomic E-state index is -0.487. The van der Waals surface area contributed by atoms with Crippen LogP contribution in [-0.2, 0) is 0 Å². The fourth-order valence-corrected chi connectivity index (χ4v) is 2.74. The quantitative estimate of drug-likeness (QED) is 0.864. The number of hydrogen-bond acceptors (Lipinski definition) is 3. The summed E-state index contributed by atoms with van der Waals surface area (Å²) >= 11 is 12.0. The molecule has 2 aromatic carbocycles. The summed E-state index contributed by atoms with van der Waals surface area (Å²) in [4.78, 5) is 0. The van der Waals surface area contributed by atoms with Crippen LogP contribution in [0.4, 0.5) is 10.1 Å². The van der Waals surface area contributed by atoms with Crippen LogP contribution in [0.2, 0.25) is 10.0 Å². The van der Waals surface area contributed by atoms with E-state index < -0.39 is 5.82 Å². The van der Waals surface area contributed by atoms with Crippen LogP contribution >= 0.6 is 23.2 Å². The summed E-state index contributed by atoms with van der Waals surface area (Å²) in [7, 11) is 0. The maximum Gasteiger partial charge on any atom is 0.128 e. The molecule has 1 heterocycles. The summed E-state index contributed by atoms with van der Waals surface area (Å²) in [5.74, 6) is 0.262. The number of nitrogens with one attached hydrogen (secondary N) is 1. The molecule has 1 atom stereocenters. The van der Waals surface area contributed by atoms with Gasteiger partial charge in [0.1, 0.15) is 23.9 Å². The van der Waals surface area contributed by atoms with Gasteiger partial charge in [0.15, 0.2) is 0 Å². The third-order valence-corrected chi connectivity index (χ3v) is 3.70. The largest absolute Gasteiger partial charge is 0.508 e. The predicted octanol–water partition coefficient (Wildman–Crippen LogP) is 4.38. The third kappa shape index (κ3) is 2.37. The summed E-state index contributed by atoms with van der Waals surface area (Å²) in [5, 5.41) is 13.0. The number of phenolic OH excluding ortho intramolecular Hbond substituents is 1. The van der Waals surface area contributed by atoms with Crippen molar-refractivity contribution in [1.82, 2.24) is 0 Å². The predicted molar refractivity (Wildman–Crippen MR) is 76.4 cm³/mol. The van der Waals surface area contributed by atoms with E-state index in [4.69, 9.17) is 27.9 Å². The van der Waals surface area contributed by atoms with Crippen LogP contribution in [-0.4, -0.2) is 11.7 Å². The highest BCUT2D eigenvalue weighted by atomic mass is 35.5. The molecule has 3 nitrogen and oxygen atoms in total. The highest BCUT2D eigenvalue weighted by Gasteiger charge is 2.25. The SMILES string of the molecule is Oc1ccc2c(c1)OCC2Nc1c(Cl)cc(F)cc1Cl. The molecular weight excluding hydrogens is 304 g/mol. The van der Waals surface area contributed by atoms with Gasteiger partial charge in [0.2, 0.25) is 0 Å². The van der Waals surface area contributed by atoms with Crippen molar-refractivity contribution in [3.8, 4) is 11.5 Å². The zero-order valence-corrected chi connectivity index (χ0v) is 11.7. The van der Waals surface area contributed by atoms with E-state index in [1.165, 1.54) is 12.1 Å². The molecule has 0 saturated carbocycles. The topological polar surface area (TPSA) is 41.5 Å². The minimum Gasteiger partial charge on any atom is -0.508 e. The van der Waals surface area contributed by atoms with Gasteiger partial charge in [-0.05, 0) is 24.3 Å². The zero-order chi connectivity index (χ0) is 14.3. The maximum atomic E-state index is 13.2. The van der Waals surface area contributed by atoms with Gasteiger partial charge >= 0.3 is 0 Å².